The molecule has 1 aromatic carbocycles. The van der Waals surface area contributed by atoms with Gasteiger partial charge in [0.2, 0.25) is 11.8 Å². The number of carbonyl (C=O) groups excluding carboxylic acids is 4. The SMILES string of the molecule is [2H]C1([2H])CC(=O)NC(=O)[C@@]1([2H])N1C(=O)c2ccccc2C1=O. The lowest BCUT2D eigenvalue weighted by Crippen LogP contribution is -2.54. The van der Waals surface area contributed by atoms with Gasteiger partial charge in [-0.1, -0.05) is 12.1 Å². The van der Waals surface area contributed by atoms with E-state index >= 15 is 0 Å². The summed E-state index contributed by atoms with van der Waals surface area (Å²) in [5, 5.41) is 1.82. The van der Waals surface area contributed by atoms with Crippen molar-refractivity contribution in [2.45, 2.75) is 18.8 Å². The van der Waals surface area contributed by atoms with Gasteiger partial charge in [-0.25, -0.2) is 0 Å². The maximum absolute atomic E-state index is 12.4. The lowest BCUT2D eigenvalue weighted by Gasteiger charge is -2.27. The molecule has 2 aliphatic rings. The Kier molecular flexibility index (Phi) is 1.81. The zero-order valence-electron chi connectivity index (χ0n) is 12.6. The second-order valence-corrected chi connectivity index (χ2v) is 4.07. The number of rotatable bonds is 1. The molecule has 0 saturated carbocycles. The van der Waals surface area contributed by atoms with Gasteiger partial charge in [0, 0.05) is 9.16 Å². The molecule has 3 rings (SSSR count). The summed E-state index contributed by atoms with van der Waals surface area (Å²) in [7, 11) is 0. The third-order valence-electron chi connectivity index (χ3n) is 2.90. The van der Waals surface area contributed by atoms with E-state index < -0.39 is 42.4 Å². The molecule has 6 nitrogen and oxygen atoms in total. The van der Waals surface area contributed by atoms with Crippen LogP contribution >= 0.6 is 0 Å². The Morgan fingerprint density at radius 1 is 1.16 bits per heavy atom. The second kappa shape index (κ2) is 4.01. The van der Waals surface area contributed by atoms with E-state index in [0.29, 0.717) is 4.90 Å². The van der Waals surface area contributed by atoms with Crippen LogP contribution in [-0.2, 0) is 9.59 Å². The molecule has 0 aromatic heterocycles. The molecule has 0 spiro atoms. The highest BCUT2D eigenvalue weighted by Crippen LogP contribution is 2.26. The van der Waals surface area contributed by atoms with Crippen LogP contribution < -0.4 is 5.32 Å². The number of fused-ring (bicyclic) bond motifs is 1. The highest BCUT2D eigenvalue weighted by atomic mass is 16.2. The minimum atomic E-state index is -2.84. The molecule has 0 bridgehead atoms. The van der Waals surface area contributed by atoms with Gasteiger partial charge in [-0.15, -0.1) is 0 Å². The molecular formula is C13H10N2O4. The van der Waals surface area contributed by atoms with E-state index in [-0.39, 0.29) is 11.1 Å². The fourth-order valence-corrected chi connectivity index (χ4v) is 2.05. The number of hydrogen-bond donors (Lipinski definition) is 1. The summed E-state index contributed by atoms with van der Waals surface area (Å²) in [5.74, 6) is -4.08. The van der Waals surface area contributed by atoms with Gasteiger partial charge >= 0.3 is 0 Å². The first-order valence-corrected chi connectivity index (χ1v) is 5.52. The van der Waals surface area contributed by atoms with Crippen LogP contribution in [0.2, 0.25) is 0 Å². The number of carbonyl (C=O) groups is 4. The van der Waals surface area contributed by atoms with Crippen molar-refractivity contribution >= 4 is 23.6 Å². The Labute approximate surface area is 112 Å². The van der Waals surface area contributed by atoms with E-state index in [1.807, 2.05) is 5.32 Å². The number of nitrogens with zero attached hydrogens (tertiary/aromatic N) is 1. The molecule has 1 atom stereocenters. The van der Waals surface area contributed by atoms with Gasteiger partial charge in [-0.3, -0.25) is 29.4 Å². The van der Waals surface area contributed by atoms with Gasteiger partial charge in [0.1, 0.15) is 6.02 Å². The van der Waals surface area contributed by atoms with Crippen molar-refractivity contribution in [3.8, 4) is 0 Å². The van der Waals surface area contributed by atoms with Crippen LogP contribution in [0.4, 0.5) is 0 Å². The summed E-state index contributed by atoms with van der Waals surface area (Å²) in [6.07, 6.45) is -3.49. The van der Waals surface area contributed by atoms with Crippen molar-refractivity contribution < 1.29 is 23.3 Å². The van der Waals surface area contributed by atoms with Gasteiger partial charge in [0.05, 0.1) is 12.5 Å². The predicted molar refractivity (Wildman–Crippen MR) is 63.1 cm³/mol. The number of amides is 4. The zero-order valence-corrected chi connectivity index (χ0v) is 9.60. The number of hydrogen-bond acceptors (Lipinski definition) is 4. The maximum atomic E-state index is 12.4. The first kappa shape index (κ1) is 8.58. The molecule has 1 fully saturated rings. The van der Waals surface area contributed by atoms with Crippen molar-refractivity contribution in [1.82, 2.24) is 10.2 Å². The van der Waals surface area contributed by atoms with Crippen LogP contribution in [0.15, 0.2) is 24.3 Å². The molecule has 96 valence electrons. The van der Waals surface area contributed by atoms with Gasteiger partial charge in [0.25, 0.3) is 11.8 Å². The van der Waals surface area contributed by atoms with Crippen molar-refractivity contribution in [1.29, 1.82) is 0 Å². The first-order chi connectivity index (χ1) is 10.2. The second-order valence-electron chi connectivity index (χ2n) is 4.07. The predicted octanol–water partition coefficient (Wildman–Crippen LogP) is 0.0878. The van der Waals surface area contributed by atoms with Crippen molar-refractivity contribution in [3.05, 3.63) is 35.4 Å². The van der Waals surface area contributed by atoms with Crippen molar-refractivity contribution in [2.24, 2.45) is 0 Å². The normalized spacial score (nSPS) is 31.4. The summed E-state index contributed by atoms with van der Waals surface area (Å²) in [5.41, 5.74) is -0.000694. The molecule has 2 aliphatic heterocycles. The van der Waals surface area contributed by atoms with Gasteiger partial charge in [0.15, 0.2) is 0 Å². The smallest absolute Gasteiger partial charge is 0.262 e. The van der Waals surface area contributed by atoms with Crippen LogP contribution in [-0.4, -0.2) is 34.5 Å². The average molecular weight is 261 g/mol. The topological polar surface area (TPSA) is 83.6 Å². The van der Waals surface area contributed by atoms with E-state index in [1.165, 1.54) is 24.3 Å². The Balaban J connectivity index is 2.15. The molecule has 2 heterocycles. The van der Waals surface area contributed by atoms with Crippen LogP contribution in [0.25, 0.3) is 0 Å². The molecule has 0 aliphatic carbocycles. The van der Waals surface area contributed by atoms with Crippen LogP contribution in [0.1, 0.15) is 37.6 Å². The Morgan fingerprint density at radius 3 is 2.26 bits per heavy atom. The quantitative estimate of drug-likeness (QED) is 0.726. The van der Waals surface area contributed by atoms with E-state index in [2.05, 4.69) is 0 Å². The van der Waals surface area contributed by atoms with Crippen LogP contribution in [0.3, 0.4) is 0 Å². The Bertz CT molecular complexity index is 714. The fraction of sp³-hybridized carbons (Fsp3) is 0.231. The monoisotopic (exact) mass is 261 g/mol. The van der Waals surface area contributed by atoms with E-state index in [4.69, 9.17) is 4.11 Å². The standard InChI is InChI=1S/C13H10N2O4/c16-10-6-5-9(11(17)14-10)15-12(18)7-3-1-2-4-8(7)13(15)19/h1-4,9H,5-6H2,(H,14,16,17)/t9-/m0/s1/i5D2,9D. The third kappa shape index (κ3) is 1.64. The summed E-state index contributed by atoms with van der Waals surface area (Å²) in [4.78, 5) is 48.4. The van der Waals surface area contributed by atoms with E-state index in [0.717, 1.165) is 0 Å². The largest absolute Gasteiger partial charge is 0.295 e. The molecule has 1 saturated heterocycles. The third-order valence-corrected chi connectivity index (χ3v) is 2.90. The number of piperidine rings is 1. The molecule has 19 heavy (non-hydrogen) atoms. The molecular weight excluding hydrogens is 248 g/mol. The highest BCUT2D eigenvalue weighted by Gasteiger charge is 2.44. The zero-order chi connectivity index (χ0) is 16.3. The van der Waals surface area contributed by atoms with Gasteiger partial charge in [-0.2, -0.15) is 0 Å². The molecule has 1 aromatic rings. The highest BCUT2D eigenvalue weighted by molar-refractivity contribution is 6.23. The fourth-order valence-electron chi connectivity index (χ4n) is 2.05. The average Bonchev–Trinajstić information content (AvgIpc) is 2.68. The number of imide groups is 2. The molecule has 4 amide bonds. The van der Waals surface area contributed by atoms with Crippen molar-refractivity contribution in [2.75, 3.05) is 0 Å². The summed E-state index contributed by atoms with van der Waals surface area (Å²) >= 11 is 0. The van der Waals surface area contributed by atoms with E-state index in [9.17, 15) is 19.2 Å². The molecule has 0 radical (unpaired) electrons. The Morgan fingerprint density at radius 2 is 1.74 bits per heavy atom. The number of benzene rings is 1. The maximum Gasteiger partial charge on any atom is 0.262 e. The minimum Gasteiger partial charge on any atom is -0.295 e. The van der Waals surface area contributed by atoms with Gasteiger partial charge in [-0.05, 0) is 18.5 Å². The molecule has 0 unspecified atom stereocenters. The van der Waals surface area contributed by atoms with Crippen molar-refractivity contribution in [3.63, 3.8) is 0 Å². The van der Waals surface area contributed by atoms with Crippen LogP contribution in [0, 0.1) is 0 Å². The molecule has 6 heteroatoms. The lowest BCUT2D eigenvalue weighted by atomic mass is 10.0. The number of nitrogens with one attached hydrogen (secondary N) is 1. The molecule has 1 N–H and O–H groups in total. The minimum absolute atomic E-state index is 0.000347. The Hall–Kier alpha value is -2.50. The first-order valence-electron chi connectivity index (χ1n) is 7.02. The summed E-state index contributed by atoms with van der Waals surface area (Å²) in [6.45, 7) is 0. The summed E-state index contributed by atoms with van der Waals surface area (Å²) < 4.78 is 23.9. The van der Waals surface area contributed by atoms with Crippen LogP contribution in [0.5, 0.6) is 0 Å². The van der Waals surface area contributed by atoms with E-state index in [1.54, 1.807) is 0 Å². The summed E-state index contributed by atoms with van der Waals surface area (Å²) in [6, 6.07) is 2.92. The lowest BCUT2D eigenvalue weighted by molar-refractivity contribution is -0.136. The van der Waals surface area contributed by atoms with Gasteiger partial charge < -0.3 is 0 Å².